The topological polar surface area (TPSA) is 39.1 Å². The monoisotopic (exact) mass is 285 g/mol. The molecule has 0 bridgehead atoms. The highest BCUT2D eigenvalue weighted by atomic mass is 79.9. The van der Waals surface area contributed by atoms with Crippen LogP contribution < -0.4 is 10.2 Å². The lowest BCUT2D eigenvalue weighted by Gasteiger charge is -2.19. The third kappa shape index (κ3) is 1.66. The van der Waals surface area contributed by atoms with Crippen molar-refractivity contribution < 1.29 is 0 Å². The van der Waals surface area contributed by atoms with Crippen molar-refractivity contribution in [3.05, 3.63) is 22.2 Å². The van der Waals surface area contributed by atoms with Gasteiger partial charge < -0.3 is 10.2 Å². The maximum atomic E-state index is 8.89. The number of nitriles is 1. The number of alkyl halides is 1. The van der Waals surface area contributed by atoms with Gasteiger partial charge in [-0.05, 0) is 28.1 Å². The largest absolute Gasteiger partial charge is 0.363 e. The van der Waals surface area contributed by atoms with Crippen LogP contribution in [-0.4, -0.2) is 19.1 Å². The van der Waals surface area contributed by atoms with Crippen molar-refractivity contribution in [3.63, 3.8) is 0 Å². The summed E-state index contributed by atoms with van der Waals surface area (Å²) in [7, 11) is 1.98. The Labute approximate surface area is 102 Å². The van der Waals surface area contributed by atoms with E-state index in [0.29, 0.717) is 11.4 Å². The minimum atomic E-state index is 0.0995. The summed E-state index contributed by atoms with van der Waals surface area (Å²) in [6.45, 7) is 0. The van der Waals surface area contributed by atoms with Gasteiger partial charge in [-0.2, -0.15) is 5.26 Å². The number of benzene rings is 1. The molecule has 0 radical (unpaired) electrons. The van der Waals surface area contributed by atoms with Crippen molar-refractivity contribution in [1.29, 1.82) is 5.26 Å². The average molecular weight is 287 g/mol. The van der Waals surface area contributed by atoms with E-state index in [1.54, 1.807) is 0 Å². The molecule has 78 valence electrons. The molecule has 0 aliphatic carbocycles. The molecule has 15 heavy (non-hydrogen) atoms. The molecular formula is C10H9BrClN3. The van der Waals surface area contributed by atoms with Crippen molar-refractivity contribution in [1.82, 2.24) is 0 Å². The Bertz CT molecular complexity index is 441. The zero-order valence-electron chi connectivity index (χ0n) is 8.09. The van der Waals surface area contributed by atoms with Gasteiger partial charge in [0, 0.05) is 11.5 Å². The highest BCUT2D eigenvalue weighted by Gasteiger charge is 2.25. The van der Waals surface area contributed by atoms with E-state index in [9.17, 15) is 0 Å². The van der Waals surface area contributed by atoms with Crippen molar-refractivity contribution in [3.8, 4) is 6.07 Å². The lowest BCUT2D eigenvalue weighted by Crippen LogP contribution is -2.33. The van der Waals surface area contributed by atoms with E-state index in [-0.39, 0.29) is 6.17 Å². The van der Waals surface area contributed by atoms with E-state index in [4.69, 9.17) is 16.9 Å². The first-order valence-corrected chi connectivity index (χ1v) is 5.79. The van der Waals surface area contributed by atoms with Crippen LogP contribution >= 0.6 is 27.5 Å². The fourth-order valence-corrected chi connectivity index (χ4v) is 2.35. The van der Waals surface area contributed by atoms with Gasteiger partial charge in [0.15, 0.2) is 0 Å². The molecule has 0 aromatic heterocycles. The maximum Gasteiger partial charge on any atom is 0.113 e. The summed E-state index contributed by atoms with van der Waals surface area (Å²) in [5.41, 5.74) is 2.65. The third-order valence-corrected chi connectivity index (χ3v) is 3.47. The van der Waals surface area contributed by atoms with Crippen LogP contribution in [-0.2, 0) is 0 Å². The van der Waals surface area contributed by atoms with Crippen LogP contribution in [0.3, 0.4) is 0 Å². The van der Waals surface area contributed by atoms with Crippen molar-refractivity contribution in [2.45, 2.75) is 6.17 Å². The molecule has 0 fully saturated rings. The minimum Gasteiger partial charge on any atom is -0.363 e. The van der Waals surface area contributed by atoms with Gasteiger partial charge in [0.05, 0.1) is 22.8 Å². The number of rotatable bonds is 1. The van der Waals surface area contributed by atoms with Crippen molar-refractivity contribution in [2.24, 2.45) is 0 Å². The summed E-state index contributed by atoms with van der Waals surface area (Å²) in [5.74, 6) is 0.505. The lowest BCUT2D eigenvalue weighted by molar-refractivity contribution is 0.813. The zero-order valence-corrected chi connectivity index (χ0v) is 10.4. The second-order valence-corrected chi connectivity index (χ2v) is 4.55. The van der Waals surface area contributed by atoms with Crippen LogP contribution in [0.15, 0.2) is 16.6 Å². The van der Waals surface area contributed by atoms with E-state index < -0.39 is 0 Å². The van der Waals surface area contributed by atoms with Crippen LogP contribution in [0.1, 0.15) is 5.56 Å². The van der Waals surface area contributed by atoms with Gasteiger partial charge in [-0.15, -0.1) is 11.6 Å². The van der Waals surface area contributed by atoms with E-state index >= 15 is 0 Å². The Morgan fingerprint density at radius 1 is 1.67 bits per heavy atom. The van der Waals surface area contributed by atoms with Crippen LogP contribution in [0.4, 0.5) is 11.4 Å². The predicted molar refractivity (Wildman–Crippen MR) is 65.4 cm³/mol. The molecule has 0 saturated heterocycles. The second-order valence-electron chi connectivity index (χ2n) is 3.39. The number of hydrogen-bond acceptors (Lipinski definition) is 3. The molecule has 1 aliphatic rings. The summed E-state index contributed by atoms with van der Waals surface area (Å²) in [6.07, 6.45) is 0.0995. The predicted octanol–water partition coefficient (Wildman–Crippen LogP) is 2.75. The van der Waals surface area contributed by atoms with E-state index in [0.717, 1.165) is 15.8 Å². The van der Waals surface area contributed by atoms with Gasteiger partial charge >= 0.3 is 0 Å². The molecule has 1 N–H and O–H groups in total. The summed E-state index contributed by atoms with van der Waals surface area (Å²) < 4.78 is 0.813. The molecule has 0 saturated carbocycles. The molecular weight excluding hydrogens is 277 g/mol. The standard InChI is InChI=1S/C10H9BrClN3/c1-15-9-3-7(11)6(5-13)2-8(9)14-10(15)4-12/h2-3,10,14H,4H2,1H3. The molecule has 1 unspecified atom stereocenters. The van der Waals surface area contributed by atoms with Gasteiger partial charge in [-0.1, -0.05) is 0 Å². The first kappa shape index (κ1) is 10.6. The van der Waals surface area contributed by atoms with E-state index in [1.807, 2.05) is 19.2 Å². The molecule has 3 nitrogen and oxygen atoms in total. The number of hydrogen-bond donors (Lipinski definition) is 1. The molecule has 0 amide bonds. The summed E-state index contributed by atoms with van der Waals surface area (Å²) in [5, 5.41) is 12.1. The summed E-state index contributed by atoms with van der Waals surface area (Å²) in [4.78, 5) is 2.06. The molecule has 5 heteroatoms. The Hall–Kier alpha value is -0.920. The maximum absolute atomic E-state index is 8.89. The lowest BCUT2D eigenvalue weighted by atomic mass is 10.2. The highest BCUT2D eigenvalue weighted by molar-refractivity contribution is 9.10. The number of nitrogens with zero attached hydrogens (tertiary/aromatic N) is 2. The Kier molecular flexibility index (Phi) is 2.76. The Morgan fingerprint density at radius 2 is 2.40 bits per heavy atom. The normalized spacial score (nSPS) is 18.3. The fourth-order valence-electron chi connectivity index (χ4n) is 1.64. The summed E-state index contributed by atoms with van der Waals surface area (Å²) in [6, 6.07) is 5.91. The van der Waals surface area contributed by atoms with E-state index in [2.05, 4.69) is 32.2 Å². The third-order valence-electron chi connectivity index (χ3n) is 2.52. The van der Waals surface area contributed by atoms with Crippen LogP contribution in [0.25, 0.3) is 0 Å². The smallest absolute Gasteiger partial charge is 0.113 e. The number of halogens is 2. The molecule has 0 spiro atoms. The molecule has 1 atom stereocenters. The molecule has 2 rings (SSSR count). The van der Waals surface area contributed by atoms with Crippen LogP contribution in [0, 0.1) is 11.3 Å². The molecule has 1 aromatic rings. The van der Waals surface area contributed by atoms with Gasteiger partial charge in [0.2, 0.25) is 0 Å². The molecule has 1 aliphatic heterocycles. The zero-order chi connectivity index (χ0) is 11.0. The Morgan fingerprint density at radius 3 is 3.00 bits per heavy atom. The average Bonchev–Trinajstić information content (AvgIpc) is 2.54. The van der Waals surface area contributed by atoms with Crippen molar-refractivity contribution >= 4 is 38.9 Å². The minimum absolute atomic E-state index is 0.0995. The van der Waals surface area contributed by atoms with Crippen molar-refractivity contribution in [2.75, 3.05) is 23.1 Å². The number of fused-ring (bicyclic) bond motifs is 1. The number of anilines is 2. The Balaban J connectivity index is 2.48. The SMILES string of the molecule is CN1c2cc(Br)c(C#N)cc2NC1CCl. The summed E-state index contributed by atoms with van der Waals surface area (Å²) >= 11 is 9.19. The fraction of sp³-hybridized carbons (Fsp3) is 0.300. The second kappa shape index (κ2) is 3.92. The quantitative estimate of drug-likeness (QED) is 0.807. The first-order chi connectivity index (χ1) is 7.17. The van der Waals surface area contributed by atoms with Gasteiger partial charge in [0.1, 0.15) is 12.2 Å². The molecule has 1 heterocycles. The van der Waals surface area contributed by atoms with Gasteiger partial charge in [-0.25, -0.2) is 0 Å². The van der Waals surface area contributed by atoms with Crippen LogP contribution in [0.2, 0.25) is 0 Å². The highest BCUT2D eigenvalue weighted by Crippen LogP contribution is 2.37. The first-order valence-electron chi connectivity index (χ1n) is 4.46. The van der Waals surface area contributed by atoms with Crippen LogP contribution in [0.5, 0.6) is 0 Å². The van der Waals surface area contributed by atoms with Gasteiger partial charge in [-0.3, -0.25) is 0 Å². The molecule has 1 aromatic carbocycles. The number of nitrogens with one attached hydrogen (secondary N) is 1. The van der Waals surface area contributed by atoms with E-state index in [1.165, 1.54) is 0 Å². The van der Waals surface area contributed by atoms with Gasteiger partial charge in [0.25, 0.3) is 0 Å².